The number of benzene rings is 9. The summed E-state index contributed by atoms with van der Waals surface area (Å²) < 4.78 is 0. The summed E-state index contributed by atoms with van der Waals surface area (Å²) in [7, 11) is 0. The van der Waals surface area contributed by atoms with Crippen LogP contribution in [0.1, 0.15) is 0 Å². The topological polar surface area (TPSA) is 38.7 Å². The summed E-state index contributed by atoms with van der Waals surface area (Å²) in [5, 5.41) is 9.56. The Labute approximate surface area is 324 Å². The van der Waals surface area contributed by atoms with E-state index in [4.69, 9.17) is 15.0 Å². The predicted octanol–water partition coefficient (Wildman–Crippen LogP) is 14.0. The Morgan fingerprint density at radius 1 is 0.232 bits per heavy atom. The normalized spacial score (nSPS) is 11.6. The molecule has 0 radical (unpaired) electrons. The van der Waals surface area contributed by atoms with E-state index in [2.05, 4.69) is 188 Å². The average molecular weight is 712 g/mol. The molecule has 0 amide bonds. The minimum absolute atomic E-state index is 0.708. The number of rotatable bonds is 5. The average Bonchev–Trinajstić information content (AvgIpc) is 3.28. The fourth-order valence-corrected chi connectivity index (χ4v) is 8.40. The molecule has 0 N–H and O–H groups in total. The second kappa shape index (κ2) is 13.1. The first-order valence-electron chi connectivity index (χ1n) is 19.0. The van der Waals surface area contributed by atoms with Gasteiger partial charge in [-0.3, -0.25) is 0 Å². The first-order chi connectivity index (χ1) is 27.8. The van der Waals surface area contributed by atoms with E-state index in [9.17, 15) is 0 Å². The fourth-order valence-electron chi connectivity index (χ4n) is 8.40. The Bertz CT molecular complexity index is 3300. The quantitative estimate of drug-likeness (QED) is 0.167. The molecule has 0 fully saturated rings. The van der Waals surface area contributed by atoms with E-state index < -0.39 is 0 Å². The first-order valence-corrected chi connectivity index (χ1v) is 19.0. The summed E-state index contributed by atoms with van der Waals surface area (Å²) in [6.45, 7) is 0. The summed E-state index contributed by atoms with van der Waals surface area (Å²) in [4.78, 5) is 15.7. The minimum atomic E-state index is 0.708. The zero-order valence-corrected chi connectivity index (χ0v) is 30.4. The second-order valence-electron chi connectivity index (χ2n) is 14.3. The van der Waals surface area contributed by atoms with Gasteiger partial charge < -0.3 is 0 Å². The molecule has 9 aromatic carbocycles. The molecular formula is C53H33N3. The zero-order chi connectivity index (χ0) is 37.0. The Balaban J connectivity index is 1.06. The van der Waals surface area contributed by atoms with Crippen LogP contribution in [0.25, 0.3) is 110 Å². The van der Waals surface area contributed by atoms with E-state index in [1.807, 2.05) is 12.1 Å². The number of para-hydroxylation sites is 2. The molecule has 0 bridgehead atoms. The molecule has 11 rings (SSSR count). The molecule has 56 heavy (non-hydrogen) atoms. The summed E-state index contributed by atoms with van der Waals surface area (Å²) in [5.74, 6) is 0.708. The molecule has 0 aliphatic carbocycles. The molecular weight excluding hydrogens is 679 g/mol. The van der Waals surface area contributed by atoms with Gasteiger partial charge in [-0.15, -0.1) is 0 Å². The number of pyridine rings is 1. The van der Waals surface area contributed by atoms with Crippen molar-refractivity contribution in [2.24, 2.45) is 0 Å². The van der Waals surface area contributed by atoms with Gasteiger partial charge in [0, 0.05) is 38.2 Å². The number of hydrogen-bond acceptors (Lipinski definition) is 3. The third kappa shape index (κ3) is 5.32. The van der Waals surface area contributed by atoms with Crippen LogP contribution >= 0.6 is 0 Å². The summed E-state index contributed by atoms with van der Waals surface area (Å²) in [5.41, 5.74) is 11.5. The first kappa shape index (κ1) is 32.0. The molecule has 0 atom stereocenters. The van der Waals surface area contributed by atoms with Gasteiger partial charge in [0.2, 0.25) is 0 Å². The molecule has 260 valence electrons. The highest BCUT2D eigenvalue weighted by atomic mass is 14.9. The van der Waals surface area contributed by atoms with Gasteiger partial charge in [0.05, 0.1) is 22.4 Å². The molecule has 3 heteroatoms. The largest absolute Gasteiger partial charge is 0.247 e. The van der Waals surface area contributed by atoms with Gasteiger partial charge in [0.25, 0.3) is 0 Å². The van der Waals surface area contributed by atoms with Crippen LogP contribution in [-0.2, 0) is 0 Å². The summed E-state index contributed by atoms with van der Waals surface area (Å²) in [6, 6.07) is 70.9. The van der Waals surface area contributed by atoms with E-state index in [0.29, 0.717) is 5.82 Å². The minimum Gasteiger partial charge on any atom is -0.247 e. The van der Waals surface area contributed by atoms with E-state index in [0.717, 1.165) is 55.6 Å². The molecule has 2 heterocycles. The van der Waals surface area contributed by atoms with Crippen LogP contribution in [0.4, 0.5) is 0 Å². The third-order valence-electron chi connectivity index (χ3n) is 11.0. The third-order valence-corrected chi connectivity index (χ3v) is 11.0. The van der Waals surface area contributed by atoms with Crippen LogP contribution < -0.4 is 0 Å². The Morgan fingerprint density at radius 3 is 1.34 bits per heavy atom. The smallest absolute Gasteiger partial charge is 0.160 e. The lowest BCUT2D eigenvalue weighted by atomic mass is 9.89. The van der Waals surface area contributed by atoms with E-state index in [1.165, 1.54) is 48.8 Å². The number of hydrogen-bond donors (Lipinski definition) is 0. The second-order valence-corrected chi connectivity index (χ2v) is 14.3. The molecule has 0 unspecified atom stereocenters. The maximum atomic E-state index is 5.41. The van der Waals surface area contributed by atoms with Crippen LogP contribution in [0.3, 0.4) is 0 Å². The van der Waals surface area contributed by atoms with Crippen molar-refractivity contribution in [3.8, 4) is 56.2 Å². The maximum Gasteiger partial charge on any atom is 0.160 e. The Kier molecular flexibility index (Phi) is 7.49. The van der Waals surface area contributed by atoms with E-state index >= 15 is 0 Å². The van der Waals surface area contributed by atoms with Crippen LogP contribution in [0.15, 0.2) is 200 Å². The summed E-state index contributed by atoms with van der Waals surface area (Å²) in [6.07, 6.45) is 0. The standard InChI is InChI=1S/C53H33N3/c1-2-14-34(15-3-1)35-28-30-36(31-29-35)53-55-48-27-11-9-25-46(48)51(56-53)39-18-12-16-37(32-39)38-17-13-19-40(33-38)52-50-44-23-7-5-21-42(44)41-20-4-6-22-43(41)49(50)45-24-8-10-26-47(45)54-52/h1-33H. The van der Waals surface area contributed by atoms with Crippen LogP contribution in [0.2, 0.25) is 0 Å². The van der Waals surface area contributed by atoms with Gasteiger partial charge in [-0.25, -0.2) is 15.0 Å². The Morgan fingerprint density at radius 2 is 0.679 bits per heavy atom. The molecule has 3 nitrogen and oxygen atoms in total. The van der Waals surface area contributed by atoms with Crippen molar-refractivity contribution < 1.29 is 0 Å². The lowest BCUT2D eigenvalue weighted by molar-refractivity contribution is 1.23. The van der Waals surface area contributed by atoms with Gasteiger partial charge in [0.1, 0.15) is 0 Å². The molecule has 0 saturated carbocycles. The van der Waals surface area contributed by atoms with Crippen molar-refractivity contribution in [2.45, 2.75) is 0 Å². The van der Waals surface area contributed by atoms with Gasteiger partial charge in [-0.1, -0.05) is 176 Å². The Hall–Kier alpha value is -7.49. The highest BCUT2D eigenvalue weighted by Gasteiger charge is 2.18. The fraction of sp³-hybridized carbons (Fsp3) is 0. The number of fused-ring (bicyclic) bond motifs is 9. The van der Waals surface area contributed by atoms with Gasteiger partial charge in [-0.2, -0.15) is 0 Å². The van der Waals surface area contributed by atoms with Crippen LogP contribution in [0.5, 0.6) is 0 Å². The lowest BCUT2D eigenvalue weighted by Crippen LogP contribution is -1.95. The van der Waals surface area contributed by atoms with Crippen LogP contribution in [-0.4, -0.2) is 15.0 Å². The lowest BCUT2D eigenvalue weighted by Gasteiger charge is -2.17. The van der Waals surface area contributed by atoms with Crippen molar-refractivity contribution in [3.05, 3.63) is 200 Å². The van der Waals surface area contributed by atoms with E-state index in [-0.39, 0.29) is 0 Å². The molecule has 0 aliphatic heterocycles. The highest BCUT2D eigenvalue weighted by molar-refractivity contribution is 6.33. The maximum absolute atomic E-state index is 5.41. The molecule has 0 saturated heterocycles. The highest BCUT2D eigenvalue weighted by Crippen LogP contribution is 2.43. The molecule has 0 spiro atoms. The SMILES string of the molecule is c1ccc(-c2ccc(-c3nc(-c4cccc(-c5cccc(-c6nc7ccccc7c7c8ccccc8c8ccccc8c67)c5)c4)c4ccccc4n3)cc2)cc1. The molecule has 0 aliphatic rings. The molecule has 2 aromatic heterocycles. The van der Waals surface area contributed by atoms with Crippen LogP contribution in [0, 0.1) is 0 Å². The van der Waals surface area contributed by atoms with Gasteiger partial charge in [-0.05, 0) is 68.1 Å². The monoisotopic (exact) mass is 711 g/mol. The summed E-state index contributed by atoms with van der Waals surface area (Å²) >= 11 is 0. The van der Waals surface area contributed by atoms with Crippen molar-refractivity contribution in [1.29, 1.82) is 0 Å². The van der Waals surface area contributed by atoms with Gasteiger partial charge >= 0.3 is 0 Å². The number of aromatic nitrogens is 3. The van der Waals surface area contributed by atoms with Crippen molar-refractivity contribution in [2.75, 3.05) is 0 Å². The predicted molar refractivity (Wildman–Crippen MR) is 235 cm³/mol. The van der Waals surface area contributed by atoms with Crippen molar-refractivity contribution in [1.82, 2.24) is 15.0 Å². The zero-order valence-electron chi connectivity index (χ0n) is 30.4. The molecule has 11 aromatic rings. The van der Waals surface area contributed by atoms with Crippen molar-refractivity contribution in [3.63, 3.8) is 0 Å². The van der Waals surface area contributed by atoms with Crippen molar-refractivity contribution >= 4 is 54.1 Å². The van der Waals surface area contributed by atoms with E-state index in [1.54, 1.807) is 0 Å². The van der Waals surface area contributed by atoms with Gasteiger partial charge in [0.15, 0.2) is 5.82 Å². The number of nitrogens with zero attached hydrogens (tertiary/aromatic N) is 3.